The second kappa shape index (κ2) is 7.12. The van der Waals surface area contributed by atoms with Crippen LogP contribution in [0.1, 0.15) is 21.7 Å². The monoisotopic (exact) mass is 309 g/mol. The molecule has 0 saturated carbocycles. The summed E-state index contributed by atoms with van der Waals surface area (Å²) in [5.74, 6) is 0.369. The van der Waals surface area contributed by atoms with Crippen molar-refractivity contribution in [3.05, 3.63) is 59.5 Å². The molecule has 0 N–H and O–H groups in total. The number of carbonyl (C=O) groups is 1. The van der Waals surface area contributed by atoms with E-state index in [-0.39, 0.29) is 5.91 Å². The Hall–Kier alpha value is -2.58. The Morgan fingerprint density at radius 3 is 2.61 bits per heavy atom. The van der Waals surface area contributed by atoms with Gasteiger partial charge in [-0.25, -0.2) is 0 Å². The van der Waals surface area contributed by atoms with Crippen LogP contribution in [0.25, 0.3) is 0 Å². The lowest BCUT2D eigenvalue weighted by Gasteiger charge is -2.34. The molecule has 1 aromatic heterocycles. The highest BCUT2D eigenvalue weighted by Gasteiger charge is 2.23. The standard InChI is InChI=1S/C18H19N3O2/c19-7-6-15-3-1-4-16(13-15)14-20-8-10-21(11-9-20)18(22)17-5-2-12-23-17/h1-5,12-13H,6,8-11,14H2. The first-order valence-electron chi connectivity index (χ1n) is 7.76. The van der Waals surface area contributed by atoms with E-state index >= 15 is 0 Å². The van der Waals surface area contributed by atoms with Gasteiger partial charge in [0.1, 0.15) is 0 Å². The molecule has 0 spiro atoms. The number of hydrogen-bond donors (Lipinski definition) is 0. The first-order chi connectivity index (χ1) is 11.3. The van der Waals surface area contributed by atoms with E-state index < -0.39 is 0 Å². The van der Waals surface area contributed by atoms with Gasteiger partial charge in [0.2, 0.25) is 0 Å². The van der Waals surface area contributed by atoms with Crippen LogP contribution in [0.4, 0.5) is 0 Å². The average molecular weight is 309 g/mol. The second-order valence-corrected chi connectivity index (χ2v) is 5.70. The first-order valence-corrected chi connectivity index (χ1v) is 7.76. The molecule has 1 aromatic carbocycles. The molecule has 3 rings (SSSR count). The summed E-state index contributed by atoms with van der Waals surface area (Å²) in [7, 11) is 0. The molecule has 2 aromatic rings. The Bertz CT molecular complexity index is 695. The van der Waals surface area contributed by atoms with Crippen molar-refractivity contribution in [2.45, 2.75) is 13.0 Å². The van der Waals surface area contributed by atoms with Gasteiger partial charge in [-0.1, -0.05) is 24.3 Å². The molecular formula is C18H19N3O2. The largest absolute Gasteiger partial charge is 0.459 e. The van der Waals surface area contributed by atoms with Crippen molar-refractivity contribution in [3.8, 4) is 6.07 Å². The van der Waals surface area contributed by atoms with E-state index in [1.54, 1.807) is 12.1 Å². The topological polar surface area (TPSA) is 60.5 Å². The maximum Gasteiger partial charge on any atom is 0.289 e. The quantitative estimate of drug-likeness (QED) is 0.869. The number of nitrogens with zero attached hydrogens (tertiary/aromatic N) is 3. The van der Waals surface area contributed by atoms with Crippen LogP contribution in [0.3, 0.4) is 0 Å². The minimum Gasteiger partial charge on any atom is -0.459 e. The number of hydrogen-bond acceptors (Lipinski definition) is 4. The number of carbonyl (C=O) groups excluding carboxylic acids is 1. The molecule has 23 heavy (non-hydrogen) atoms. The molecular weight excluding hydrogens is 290 g/mol. The van der Waals surface area contributed by atoms with Crippen LogP contribution in [-0.4, -0.2) is 41.9 Å². The van der Waals surface area contributed by atoms with Gasteiger partial charge >= 0.3 is 0 Å². The Morgan fingerprint density at radius 2 is 1.91 bits per heavy atom. The van der Waals surface area contributed by atoms with E-state index in [1.807, 2.05) is 17.0 Å². The van der Waals surface area contributed by atoms with Crippen molar-refractivity contribution in [1.82, 2.24) is 9.80 Å². The molecule has 2 heterocycles. The molecule has 1 aliphatic rings. The number of furan rings is 1. The number of benzene rings is 1. The molecule has 0 bridgehead atoms. The highest BCUT2D eigenvalue weighted by molar-refractivity contribution is 5.91. The van der Waals surface area contributed by atoms with Crippen molar-refractivity contribution in [2.75, 3.05) is 26.2 Å². The van der Waals surface area contributed by atoms with Gasteiger partial charge < -0.3 is 9.32 Å². The molecule has 1 amide bonds. The maximum atomic E-state index is 12.2. The zero-order valence-electron chi connectivity index (χ0n) is 12.9. The minimum atomic E-state index is -0.0364. The summed E-state index contributed by atoms with van der Waals surface area (Å²) < 4.78 is 5.18. The van der Waals surface area contributed by atoms with Crippen LogP contribution in [0.15, 0.2) is 47.1 Å². The Balaban J connectivity index is 1.54. The smallest absolute Gasteiger partial charge is 0.289 e. The zero-order chi connectivity index (χ0) is 16.1. The summed E-state index contributed by atoms with van der Waals surface area (Å²) >= 11 is 0. The highest BCUT2D eigenvalue weighted by atomic mass is 16.3. The predicted octanol–water partition coefficient (Wildman–Crippen LogP) is 2.30. The molecule has 5 nitrogen and oxygen atoms in total. The molecule has 0 atom stereocenters. The number of rotatable bonds is 4. The number of nitriles is 1. The molecule has 1 fully saturated rings. The van der Waals surface area contributed by atoms with Crippen molar-refractivity contribution in [1.29, 1.82) is 5.26 Å². The van der Waals surface area contributed by atoms with E-state index in [9.17, 15) is 4.79 Å². The second-order valence-electron chi connectivity index (χ2n) is 5.70. The van der Waals surface area contributed by atoms with E-state index in [2.05, 4.69) is 23.1 Å². The van der Waals surface area contributed by atoms with Crippen LogP contribution >= 0.6 is 0 Å². The van der Waals surface area contributed by atoms with Gasteiger partial charge in [-0.3, -0.25) is 9.69 Å². The van der Waals surface area contributed by atoms with Gasteiger partial charge in [-0.15, -0.1) is 0 Å². The minimum absolute atomic E-state index is 0.0364. The van der Waals surface area contributed by atoms with Gasteiger partial charge in [0.05, 0.1) is 18.8 Å². The zero-order valence-corrected chi connectivity index (χ0v) is 12.9. The third-order valence-electron chi connectivity index (χ3n) is 4.07. The van der Waals surface area contributed by atoms with Crippen LogP contribution in [-0.2, 0) is 13.0 Å². The summed E-state index contributed by atoms with van der Waals surface area (Å²) in [4.78, 5) is 16.4. The summed E-state index contributed by atoms with van der Waals surface area (Å²) in [5.41, 5.74) is 2.26. The van der Waals surface area contributed by atoms with Crippen LogP contribution in [0.5, 0.6) is 0 Å². The molecule has 0 aliphatic carbocycles. The van der Waals surface area contributed by atoms with Crippen LogP contribution in [0, 0.1) is 11.3 Å². The fourth-order valence-corrected chi connectivity index (χ4v) is 2.85. The lowest BCUT2D eigenvalue weighted by atomic mass is 10.1. The van der Waals surface area contributed by atoms with Crippen molar-refractivity contribution < 1.29 is 9.21 Å². The molecule has 5 heteroatoms. The molecule has 0 unspecified atom stereocenters. The normalized spacial score (nSPS) is 15.3. The van der Waals surface area contributed by atoms with E-state index in [1.165, 1.54) is 11.8 Å². The van der Waals surface area contributed by atoms with Crippen molar-refractivity contribution >= 4 is 5.91 Å². The predicted molar refractivity (Wildman–Crippen MR) is 85.6 cm³/mol. The number of piperazine rings is 1. The fourth-order valence-electron chi connectivity index (χ4n) is 2.85. The van der Waals surface area contributed by atoms with Crippen LogP contribution in [0.2, 0.25) is 0 Å². The summed E-state index contributed by atoms with van der Waals surface area (Å²) in [6.45, 7) is 3.95. The summed E-state index contributed by atoms with van der Waals surface area (Å²) in [5, 5.41) is 8.79. The van der Waals surface area contributed by atoms with E-state index in [0.29, 0.717) is 25.3 Å². The van der Waals surface area contributed by atoms with Crippen molar-refractivity contribution in [3.63, 3.8) is 0 Å². The van der Waals surface area contributed by atoms with Gasteiger partial charge in [0, 0.05) is 32.7 Å². The van der Waals surface area contributed by atoms with Gasteiger partial charge in [-0.05, 0) is 23.3 Å². The Morgan fingerprint density at radius 1 is 1.13 bits per heavy atom. The fraction of sp³-hybridized carbons (Fsp3) is 0.333. The van der Waals surface area contributed by atoms with E-state index in [0.717, 1.165) is 25.2 Å². The lowest BCUT2D eigenvalue weighted by molar-refractivity contribution is 0.0598. The molecule has 0 radical (unpaired) electrons. The molecule has 118 valence electrons. The van der Waals surface area contributed by atoms with E-state index in [4.69, 9.17) is 9.68 Å². The van der Waals surface area contributed by atoms with Gasteiger partial charge in [0.25, 0.3) is 5.91 Å². The van der Waals surface area contributed by atoms with Gasteiger partial charge in [-0.2, -0.15) is 5.26 Å². The highest BCUT2D eigenvalue weighted by Crippen LogP contribution is 2.13. The Labute approximate surface area is 135 Å². The SMILES string of the molecule is N#CCc1cccc(CN2CCN(C(=O)c3ccco3)CC2)c1. The lowest BCUT2D eigenvalue weighted by Crippen LogP contribution is -2.48. The molecule has 1 saturated heterocycles. The Kier molecular flexibility index (Phi) is 4.74. The third-order valence-corrected chi connectivity index (χ3v) is 4.07. The van der Waals surface area contributed by atoms with Crippen LogP contribution < -0.4 is 0 Å². The van der Waals surface area contributed by atoms with Gasteiger partial charge in [0.15, 0.2) is 5.76 Å². The summed E-state index contributed by atoms with van der Waals surface area (Å²) in [6.07, 6.45) is 1.97. The number of amides is 1. The van der Waals surface area contributed by atoms with Crippen molar-refractivity contribution in [2.24, 2.45) is 0 Å². The maximum absolute atomic E-state index is 12.2. The average Bonchev–Trinajstić information content (AvgIpc) is 3.10. The summed E-state index contributed by atoms with van der Waals surface area (Å²) in [6, 6.07) is 13.8. The third kappa shape index (κ3) is 3.79. The first kappa shape index (κ1) is 15.3. The molecule has 1 aliphatic heterocycles.